The second-order valence-electron chi connectivity index (χ2n) is 19.1. The molecule has 15 nitrogen and oxygen atoms in total. The summed E-state index contributed by atoms with van der Waals surface area (Å²) in [5, 5.41) is 44.7. The number of aromatic hydroxyl groups is 2. The third-order valence-corrected chi connectivity index (χ3v) is 14.3. The fourth-order valence-electron chi connectivity index (χ4n) is 10.4. The molecule has 5 aliphatic rings. The Hall–Kier alpha value is -6.23. The van der Waals surface area contributed by atoms with Crippen LogP contribution in [0.1, 0.15) is 89.9 Å². The highest BCUT2D eigenvalue weighted by Crippen LogP contribution is 2.54. The van der Waals surface area contributed by atoms with Gasteiger partial charge in [-0.3, -0.25) is 19.9 Å². The monoisotopic (exact) mass is 927 g/mol. The highest BCUT2D eigenvalue weighted by atomic mass is 16.7. The van der Waals surface area contributed by atoms with Gasteiger partial charge >= 0.3 is 6.09 Å². The first-order valence-corrected chi connectivity index (χ1v) is 23.2. The molecule has 4 N–H and O–H groups in total. The quantitative estimate of drug-likeness (QED) is 0.0677. The van der Waals surface area contributed by atoms with Gasteiger partial charge in [-0.05, 0) is 49.4 Å². The number of Topliss-reactive ketones (excluding diaryl/α,β-unsaturated/α-hetero) is 1. The molecular weight excluding hydrogens is 869 g/mol. The van der Waals surface area contributed by atoms with Gasteiger partial charge in [-0.2, -0.15) is 0 Å². The second kappa shape index (κ2) is 18.7. The molecule has 2 aliphatic carbocycles. The summed E-state index contributed by atoms with van der Waals surface area (Å²) in [5.74, 6) is -1.31. The molecule has 0 saturated carbocycles. The number of carbonyl (C=O) groups is 3. The van der Waals surface area contributed by atoms with Crippen LogP contribution in [0.3, 0.4) is 0 Å². The van der Waals surface area contributed by atoms with E-state index in [-0.39, 0.29) is 83.0 Å². The number of hydrogen-bond donors (Lipinski definition) is 4. The van der Waals surface area contributed by atoms with Gasteiger partial charge in [0, 0.05) is 48.3 Å². The zero-order valence-electron chi connectivity index (χ0n) is 39.0. The molecule has 3 aliphatic heterocycles. The second-order valence-corrected chi connectivity index (χ2v) is 19.1. The van der Waals surface area contributed by atoms with Crippen LogP contribution < -0.4 is 4.74 Å². The van der Waals surface area contributed by atoms with Crippen molar-refractivity contribution < 1.29 is 58.0 Å². The van der Waals surface area contributed by atoms with Crippen LogP contribution in [0.5, 0.6) is 17.2 Å². The lowest BCUT2D eigenvalue weighted by atomic mass is 9.66. The van der Waals surface area contributed by atoms with Crippen LogP contribution in [0.15, 0.2) is 85.5 Å². The number of aliphatic hydroxyl groups excluding tert-OH is 1. The first kappa shape index (κ1) is 46.9. The predicted octanol–water partition coefficient (Wildman–Crippen LogP) is 6.50. The third kappa shape index (κ3) is 8.73. The molecule has 9 rings (SSSR count). The molecule has 3 fully saturated rings. The number of methoxy groups -OCH3 is 1. The number of nitrogens with one attached hydrogen (secondary N) is 1. The van der Waals surface area contributed by atoms with Crippen LogP contribution in [0, 0.1) is 10.8 Å². The van der Waals surface area contributed by atoms with Crippen molar-refractivity contribution in [1.82, 2.24) is 9.80 Å². The van der Waals surface area contributed by atoms with Crippen molar-refractivity contribution in [2.24, 2.45) is 5.41 Å². The van der Waals surface area contributed by atoms with E-state index in [0.29, 0.717) is 45.8 Å². The SMILES string of the molecule is C=CC1C/C(=[N+]2/CCOC[C@H]2O)C[C@H](OC2C[C@](C)(C(=O)CN3CCN(C(=O)OC(C)(C)c4ccc(-c5ccccc5)cc4)CC3)Cc3c(O)c4c(c(O)c32)C(=N)c2c(OC)cccc2C4=O)O1. The molecule has 3 heterocycles. The van der Waals surface area contributed by atoms with Crippen molar-refractivity contribution >= 4 is 29.1 Å². The maximum atomic E-state index is 14.8. The number of carbonyl (C=O) groups excluding carboxylic acids is 3. The van der Waals surface area contributed by atoms with Crippen LogP contribution in [-0.2, 0) is 35.8 Å². The van der Waals surface area contributed by atoms with Gasteiger partial charge in [-0.25, -0.2) is 9.37 Å². The van der Waals surface area contributed by atoms with E-state index in [0.717, 1.165) is 22.4 Å². The molecule has 0 spiro atoms. The molecule has 0 aromatic heterocycles. The normalized spacial score (nSPS) is 25.2. The van der Waals surface area contributed by atoms with Crippen LogP contribution in [0.4, 0.5) is 4.79 Å². The lowest BCUT2D eigenvalue weighted by Crippen LogP contribution is -2.52. The molecule has 0 radical (unpaired) electrons. The number of aliphatic hydroxyl groups is 1. The minimum absolute atomic E-state index is 0.0282. The maximum absolute atomic E-state index is 14.8. The Morgan fingerprint density at radius 3 is 2.37 bits per heavy atom. The molecule has 5 atom stereocenters. The third-order valence-electron chi connectivity index (χ3n) is 14.3. The Morgan fingerprint density at radius 2 is 1.68 bits per heavy atom. The average Bonchev–Trinajstić information content (AvgIpc) is 3.34. The van der Waals surface area contributed by atoms with E-state index >= 15 is 0 Å². The molecular formula is C53H59N4O11+. The number of amides is 1. The van der Waals surface area contributed by atoms with Gasteiger partial charge in [0.1, 0.15) is 36.1 Å². The molecule has 68 heavy (non-hydrogen) atoms. The van der Waals surface area contributed by atoms with Crippen LogP contribution in [0.25, 0.3) is 11.1 Å². The number of phenols is 2. The van der Waals surface area contributed by atoms with E-state index in [1.165, 1.54) is 7.11 Å². The Kier molecular flexibility index (Phi) is 12.9. The number of ether oxygens (including phenoxy) is 5. The fourth-order valence-corrected chi connectivity index (χ4v) is 10.4. The Morgan fingerprint density at radius 1 is 0.956 bits per heavy atom. The van der Waals surface area contributed by atoms with E-state index < -0.39 is 59.1 Å². The number of hydrogen-bond acceptors (Lipinski definition) is 13. The van der Waals surface area contributed by atoms with Crippen molar-refractivity contribution in [3.8, 4) is 28.4 Å². The standard InChI is InChI=1S/C53H58N4O11/c1-6-35-25-34(57-23-24-65-30-41(57)59)26-42(66-35)67-39-28-53(4,27-37-44(39)50(62)45-46(49(37)61)48(60)36-13-10-14-38(64-5)43(36)47(45)54)40(58)29-55-19-21-56(22-20-55)51(63)68-52(2,3)33-17-15-32(16-18-33)31-11-8-7-9-12-31/h6-18,35,39,41-42,59H,1,19-30H2,2-5H3,(H2-,54,60,61,62)/p+1/b57-34+/t35?,39?,41-,42+,53-/m1/s1. The lowest BCUT2D eigenvalue weighted by molar-refractivity contribution is -0.631. The number of fused-ring (bicyclic) bond motifs is 3. The molecule has 1 amide bonds. The zero-order valence-corrected chi connectivity index (χ0v) is 39.0. The van der Waals surface area contributed by atoms with Gasteiger partial charge in [-0.15, -0.1) is 6.58 Å². The number of nitrogens with zero attached hydrogens (tertiary/aromatic N) is 3. The van der Waals surface area contributed by atoms with Crippen molar-refractivity contribution in [3.63, 3.8) is 0 Å². The van der Waals surface area contributed by atoms with Gasteiger partial charge < -0.3 is 43.9 Å². The summed E-state index contributed by atoms with van der Waals surface area (Å²) in [5.41, 5.74) is 1.90. The molecule has 15 heteroatoms. The predicted molar refractivity (Wildman–Crippen MR) is 252 cm³/mol. The fraction of sp³-hybridized carbons (Fsp3) is 0.415. The van der Waals surface area contributed by atoms with Gasteiger partial charge in [-0.1, -0.05) is 79.7 Å². The van der Waals surface area contributed by atoms with E-state index in [9.17, 15) is 35.1 Å². The molecule has 4 aromatic carbocycles. The number of phenolic OH excluding ortho intramolecular Hbond substituents is 2. The van der Waals surface area contributed by atoms with Gasteiger partial charge in [0.05, 0.1) is 61.1 Å². The van der Waals surface area contributed by atoms with E-state index in [1.54, 1.807) is 36.1 Å². The summed E-state index contributed by atoms with van der Waals surface area (Å²) in [7, 11) is 1.43. The van der Waals surface area contributed by atoms with E-state index in [2.05, 4.69) is 6.58 Å². The zero-order chi connectivity index (χ0) is 48.1. The van der Waals surface area contributed by atoms with Gasteiger partial charge in [0.15, 0.2) is 30.1 Å². The van der Waals surface area contributed by atoms with Gasteiger partial charge in [0.2, 0.25) is 0 Å². The maximum Gasteiger partial charge on any atom is 0.410 e. The Balaban J connectivity index is 0.958. The van der Waals surface area contributed by atoms with E-state index in [4.69, 9.17) is 23.7 Å². The van der Waals surface area contributed by atoms with Crippen LogP contribution >= 0.6 is 0 Å². The first-order valence-electron chi connectivity index (χ1n) is 23.2. The summed E-state index contributed by atoms with van der Waals surface area (Å²) in [6.07, 6.45) is -1.38. The highest BCUT2D eigenvalue weighted by molar-refractivity contribution is 6.32. The smallest absolute Gasteiger partial charge is 0.410 e. The summed E-state index contributed by atoms with van der Waals surface area (Å²) < 4.78 is 32.2. The van der Waals surface area contributed by atoms with Crippen LogP contribution in [0.2, 0.25) is 0 Å². The van der Waals surface area contributed by atoms with Crippen molar-refractivity contribution in [2.45, 2.75) is 76.8 Å². The largest absolute Gasteiger partial charge is 0.507 e. The average molecular weight is 928 g/mol. The van der Waals surface area contributed by atoms with Crippen LogP contribution in [-0.4, -0.2) is 137 Å². The number of morpholine rings is 1. The molecule has 3 saturated heterocycles. The summed E-state index contributed by atoms with van der Waals surface area (Å²) >= 11 is 0. The minimum Gasteiger partial charge on any atom is -0.507 e. The first-order chi connectivity index (χ1) is 32.6. The summed E-state index contributed by atoms with van der Waals surface area (Å²) in [6, 6.07) is 22.8. The summed E-state index contributed by atoms with van der Waals surface area (Å²) in [4.78, 5) is 46.3. The van der Waals surface area contributed by atoms with Gasteiger partial charge in [0.25, 0.3) is 6.23 Å². The van der Waals surface area contributed by atoms with Crippen molar-refractivity contribution in [1.29, 1.82) is 5.41 Å². The molecule has 2 unspecified atom stereocenters. The summed E-state index contributed by atoms with van der Waals surface area (Å²) in [6.45, 7) is 12.0. The highest BCUT2D eigenvalue weighted by Gasteiger charge is 2.49. The Labute approximate surface area is 395 Å². The number of piperazine rings is 1. The number of rotatable bonds is 10. The molecule has 0 bridgehead atoms. The van der Waals surface area contributed by atoms with Crippen molar-refractivity contribution in [2.75, 3.05) is 59.6 Å². The number of benzene rings is 4. The van der Waals surface area contributed by atoms with Crippen molar-refractivity contribution in [3.05, 3.63) is 124 Å². The number of ketones is 2. The topological polar surface area (TPSA) is 191 Å². The Bertz CT molecular complexity index is 2690. The minimum atomic E-state index is -1.18. The van der Waals surface area contributed by atoms with E-state index in [1.807, 2.05) is 77.9 Å². The lowest BCUT2D eigenvalue weighted by Gasteiger charge is -2.43. The molecule has 356 valence electrons. The molecule has 4 aromatic rings.